The first-order chi connectivity index (χ1) is 12.5. The molecule has 0 fully saturated rings. The van der Waals surface area contributed by atoms with Gasteiger partial charge in [-0.15, -0.1) is 0 Å². The van der Waals surface area contributed by atoms with E-state index in [4.69, 9.17) is 15.2 Å². The number of ether oxygens (including phenoxy) is 2. The number of fused-ring (bicyclic) bond motifs is 1. The van der Waals surface area contributed by atoms with Crippen molar-refractivity contribution in [3.63, 3.8) is 0 Å². The lowest BCUT2D eigenvalue weighted by molar-refractivity contribution is 0.272. The van der Waals surface area contributed by atoms with Crippen molar-refractivity contribution in [3.8, 4) is 17.6 Å². The van der Waals surface area contributed by atoms with Gasteiger partial charge in [-0.05, 0) is 24.6 Å². The third-order valence-electron chi connectivity index (χ3n) is 4.46. The van der Waals surface area contributed by atoms with Crippen molar-refractivity contribution in [2.24, 2.45) is 5.73 Å². The number of pyridine rings is 1. The number of hydrogen-bond donors (Lipinski definition) is 2. The summed E-state index contributed by atoms with van der Waals surface area (Å²) < 4.78 is 12.2. The number of nitriles is 1. The normalized spacial score (nSPS) is 15.8. The first kappa shape index (κ1) is 17.6. The number of aliphatic hydroxyl groups is 1. The number of nitrogens with zero attached hydrogens (tertiary/aromatic N) is 2. The Morgan fingerprint density at radius 3 is 2.65 bits per heavy atom. The predicted molar refractivity (Wildman–Crippen MR) is 94.8 cm³/mol. The molecule has 1 aliphatic rings. The number of nitrogens with two attached hydrogens (primary N) is 1. The van der Waals surface area contributed by atoms with Gasteiger partial charge in [0.2, 0.25) is 5.88 Å². The minimum absolute atomic E-state index is 0.0143. The van der Waals surface area contributed by atoms with Gasteiger partial charge >= 0.3 is 0 Å². The van der Waals surface area contributed by atoms with Crippen molar-refractivity contribution in [2.45, 2.75) is 19.4 Å². The highest BCUT2D eigenvalue weighted by atomic mass is 16.5. The summed E-state index contributed by atoms with van der Waals surface area (Å²) >= 11 is 0. The summed E-state index contributed by atoms with van der Waals surface area (Å²) in [6.07, 6.45) is 0. The topological polar surface area (TPSA) is 110 Å². The molecule has 3 rings (SSSR count). The summed E-state index contributed by atoms with van der Waals surface area (Å²) in [5.41, 5.74) is 7.52. The van der Waals surface area contributed by atoms with Gasteiger partial charge < -0.3 is 24.9 Å². The van der Waals surface area contributed by atoms with Crippen LogP contribution in [0.4, 0.5) is 0 Å². The van der Waals surface area contributed by atoms with Crippen LogP contribution in [0.1, 0.15) is 22.7 Å². The fourth-order valence-corrected chi connectivity index (χ4v) is 3.19. The Hall–Kier alpha value is -3.24. The Kier molecular flexibility index (Phi) is 4.69. The average Bonchev–Trinajstić information content (AvgIpc) is 2.64. The summed E-state index contributed by atoms with van der Waals surface area (Å²) in [6.45, 7) is 1.74. The molecule has 7 nitrogen and oxygen atoms in total. The number of allylic oxidation sites excluding steroid dienone is 1. The van der Waals surface area contributed by atoms with Crippen LogP contribution in [0.25, 0.3) is 0 Å². The van der Waals surface area contributed by atoms with E-state index >= 15 is 0 Å². The molecule has 26 heavy (non-hydrogen) atoms. The molecular formula is C19H19N3O4. The molecule has 134 valence electrons. The van der Waals surface area contributed by atoms with Crippen LogP contribution in [0, 0.1) is 18.3 Å². The maximum Gasteiger partial charge on any atom is 0.258 e. The fraction of sp³-hybridized carbons (Fsp3) is 0.263. The lowest BCUT2D eigenvalue weighted by Crippen LogP contribution is -2.33. The van der Waals surface area contributed by atoms with Crippen molar-refractivity contribution in [1.29, 1.82) is 5.26 Å². The summed E-state index contributed by atoms with van der Waals surface area (Å²) in [4.78, 5) is 13.1. The molecule has 2 heterocycles. The monoisotopic (exact) mass is 353 g/mol. The number of rotatable bonds is 4. The largest absolute Gasteiger partial charge is 0.497 e. The molecule has 0 bridgehead atoms. The van der Waals surface area contributed by atoms with E-state index < -0.39 is 5.92 Å². The molecular weight excluding hydrogens is 334 g/mol. The summed E-state index contributed by atoms with van der Waals surface area (Å²) in [6, 6.07) is 10.9. The minimum atomic E-state index is -0.646. The molecule has 0 saturated carbocycles. The molecule has 0 spiro atoms. The average molecular weight is 353 g/mol. The van der Waals surface area contributed by atoms with Gasteiger partial charge in [0.05, 0.1) is 25.2 Å². The van der Waals surface area contributed by atoms with E-state index in [1.54, 1.807) is 44.4 Å². The molecule has 1 atom stereocenters. The number of aryl methyl sites for hydroxylation is 1. The van der Waals surface area contributed by atoms with E-state index in [9.17, 15) is 15.2 Å². The second kappa shape index (κ2) is 6.94. The summed E-state index contributed by atoms with van der Waals surface area (Å²) in [7, 11) is 1.56. The molecule has 0 saturated heterocycles. The smallest absolute Gasteiger partial charge is 0.258 e. The van der Waals surface area contributed by atoms with Crippen LogP contribution in [0.15, 0.2) is 46.6 Å². The van der Waals surface area contributed by atoms with E-state index in [1.807, 2.05) is 0 Å². The van der Waals surface area contributed by atoms with Crippen LogP contribution in [0.3, 0.4) is 0 Å². The lowest BCUT2D eigenvalue weighted by Gasteiger charge is -2.27. The van der Waals surface area contributed by atoms with Crippen molar-refractivity contribution in [2.75, 3.05) is 13.7 Å². The molecule has 3 N–H and O–H groups in total. The highest BCUT2D eigenvalue weighted by Gasteiger charge is 2.34. The molecule has 0 unspecified atom stereocenters. The first-order valence-corrected chi connectivity index (χ1v) is 8.08. The van der Waals surface area contributed by atoms with Gasteiger partial charge in [0.1, 0.15) is 23.1 Å². The van der Waals surface area contributed by atoms with E-state index in [0.717, 1.165) is 5.56 Å². The van der Waals surface area contributed by atoms with Crippen molar-refractivity contribution < 1.29 is 14.6 Å². The van der Waals surface area contributed by atoms with Crippen LogP contribution < -0.4 is 20.8 Å². The second-order valence-corrected chi connectivity index (χ2v) is 5.94. The molecule has 0 amide bonds. The Morgan fingerprint density at radius 1 is 1.38 bits per heavy atom. The maximum absolute atomic E-state index is 13.1. The van der Waals surface area contributed by atoms with Crippen molar-refractivity contribution in [1.82, 2.24) is 4.57 Å². The second-order valence-electron chi connectivity index (χ2n) is 5.94. The van der Waals surface area contributed by atoms with Crippen LogP contribution in [-0.4, -0.2) is 23.4 Å². The molecule has 0 radical (unpaired) electrons. The summed E-state index contributed by atoms with van der Waals surface area (Å²) in [5, 5.41) is 18.9. The van der Waals surface area contributed by atoms with Crippen LogP contribution in [-0.2, 0) is 6.54 Å². The van der Waals surface area contributed by atoms with Gasteiger partial charge in [-0.3, -0.25) is 4.79 Å². The maximum atomic E-state index is 13.1. The van der Waals surface area contributed by atoms with E-state index in [1.165, 1.54) is 4.57 Å². The number of aromatic nitrogens is 1. The number of hydrogen-bond acceptors (Lipinski definition) is 6. The fourth-order valence-electron chi connectivity index (χ4n) is 3.19. The molecule has 7 heteroatoms. The Labute approximate surface area is 150 Å². The van der Waals surface area contributed by atoms with Crippen LogP contribution in [0.5, 0.6) is 11.5 Å². The summed E-state index contributed by atoms with van der Waals surface area (Å²) in [5.74, 6) is 0.337. The first-order valence-electron chi connectivity index (χ1n) is 8.08. The Morgan fingerprint density at radius 2 is 2.08 bits per heavy atom. The highest BCUT2D eigenvalue weighted by Crippen LogP contribution is 2.40. The van der Waals surface area contributed by atoms with E-state index in [0.29, 0.717) is 22.8 Å². The minimum Gasteiger partial charge on any atom is -0.497 e. The van der Waals surface area contributed by atoms with Gasteiger partial charge in [-0.25, -0.2) is 0 Å². The van der Waals surface area contributed by atoms with Crippen LogP contribution in [0.2, 0.25) is 0 Å². The van der Waals surface area contributed by atoms with Gasteiger partial charge in [0, 0.05) is 18.3 Å². The lowest BCUT2D eigenvalue weighted by atomic mass is 9.84. The van der Waals surface area contributed by atoms with Gasteiger partial charge in [0.15, 0.2) is 0 Å². The zero-order valence-electron chi connectivity index (χ0n) is 14.5. The molecule has 1 aromatic carbocycles. The molecule has 0 aliphatic carbocycles. The van der Waals surface area contributed by atoms with Crippen LogP contribution >= 0.6 is 0 Å². The van der Waals surface area contributed by atoms with Gasteiger partial charge in [-0.2, -0.15) is 5.26 Å². The van der Waals surface area contributed by atoms with Crippen molar-refractivity contribution in [3.05, 3.63) is 69.0 Å². The van der Waals surface area contributed by atoms with E-state index in [-0.39, 0.29) is 30.2 Å². The molecule has 1 aromatic heterocycles. The van der Waals surface area contributed by atoms with Crippen molar-refractivity contribution >= 4 is 0 Å². The number of benzene rings is 1. The standard InChI is InChI=1S/C19H19N3O4/c1-11-9-15-17(19(24)22(11)7-8-23)16(14(10-20)18(21)26-15)12-3-5-13(25-2)6-4-12/h3-6,9,16,23H,7-8,21H2,1-2H3/t16-/m0/s1. The quantitative estimate of drug-likeness (QED) is 0.859. The third kappa shape index (κ3) is 2.80. The highest BCUT2D eigenvalue weighted by molar-refractivity contribution is 5.55. The number of methoxy groups -OCH3 is 1. The predicted octanol–water partition coefficient (Wildman–Crippen LogP) is 1.38. The SMILES string of the molecule is COc1ccc([C@H]2C(C#N)=C(N)Oc3cc(C)n(CCO)c(=O)c32)cc1. The molecule has 2 aromatic rings. The zero-order chi connectivity index (χ0) is 18.8. The number of aliphatic hydroxyl groups excluding tert-OH is 1. The zero-order valence-corrected chi connectivity index (χ0v) is 14.5. The van der Waals surface area contributed by atoms with Gasteiger partial charge in [0.25, 0.3) is 5.56 Å². The Balaban J connectivity index is 2.27. The molecule has 1 aliphatic heterocycles. The van der Waals surface area contributed by atoms with E-state index in [2.05, 4.69) is 6.07 Å². The van der Waals surface area contributed by atoms with Gasteiger partial charge in [-0.1, -0.05) is 12.1 Å². The third-order valence-corrected chi connectivity index (χ3v) is 4.46. The Bertz CT molecular complexity index is 968.